The lowest BCUT2D eigenvalue weighted by atomic mass is 10.1. The molecule has 0 spiro atoms. The normalized spacial score (nSPS) is 22.1. The summed E-state index contributed by atoms with van der Waals surface area (Å²) in [4.78, 5) is 17.1. The number of carbonyl (C=O) groups excluding carboxylic acids is 1. The largest absolute Gasteiger partial charge is 0.494 e. The topological polar surface area (TPSA) is 89.3 Å². The van der Waals surface area contributed by atoms with Gasteiger partial charge in [-0.05, 0) is 37.0 Å². The highest BCUT2D eigenvalue weighted by Gasteiger charge is 2.34. The molecule has 0 bridgehead atoms. The molecular formula is C20H22N4O3. The number of fused-ring (bicyclic) bond motifs is 1. The third kappa shape index (κ3) is 3.64. The molecule has 3 aromatic rings. The Bertz CT molecular complexity index is 942. The number of carbonyl (C=O) groups is 1. The van der Waals surface area contributed by atoms with Crippen LogP contribution < -0.4 is 10.1 Å². The van der Waals surface area contributed by atoms with Gasteiger partial charge in [-0.1, -0.05) is 18.2 Å². The van der Waals surface area contributed by atoms with Crippen LogP contribution in [0.25, 0.3) is 10.9 Å². The maximum atomic E-state index is 12.7. The third-order valence-corrected chi connectivity index (χ3v) is 5.08. The summed E-state index contributed by atoms with van der Waals surface area (Å²) in [6, 6.07) is 10.8. The van der Waals surface area contributed by atoms with Crippen LogP contribution in [0.4, 0.5) is 0 Å². The molecule has 2 N–H and O–H groups in total. The molecule has 0 radical (unpaired) electrons. The molecule has 0 aliphatic heterocycles. The van der Waals surface area contributed by atoms with Crippen LogP contribution in [-0.4, -0.2) is 45.0 Å². The molecule has 1 fully saturated rings. The van der Waals surface area contributed by atoms with E-state index in [1.807, 2.05) is 41.2 Å². The standard InChI is InChI=1S/C20H22N4O3/c1-27-18-5-2-4-14-6-7-15(22-19(14)18)20(26)23-16-10-13(11-17(16)25)12-24-9-3-8-21-24/h2-9,13,16-17,25H,10-12H2,1H3,(H,23,26)/t13?,16-,17-/m1/s1. The van der Waals surface area contributed by atoms with Crippen LogP contribution in [0.1, 0.15) is 23.3 Å². The number of hydrogen-bond acceptors (Lipinski definition) is 5. The van der Waals surface area contributed by atoms with E-state index in [1.54, 1.807) is 19.4 Å². The number of rotatable bonds is 5. The van der Waals surface area contributed by atoms with Crippen LogP contribution in [0, 0.1) is 5.92 Å². The maximum absolute atomic E-state index is 12.7. The molecule has 1 aliphatic carbocycles. The highest BCUT2D eigenvalue weighted by Crippen LogP contribution is 2.28. The number of nitrogens with zero attached hydrogens (tertiary/aromatic N) is 3. The maximum Gasteiger partial charge on any atom is 0.270 e. The van der Waals surface area contributed by atoms with Crippen LogP contribution in [0.2, 0.25) is 0 Å². The Morgan fingerprint density at radius 2 is 2.19 bits per heavy atom. The van der Waals surface area contributed by atoms with E-state index in [9.17, 15) is 9.90 Å². The van der Waals surface area contributed by atoms with Gasteiger partial charge >= 0.3 is 0 Å². The van der Waals surface area contributed by atoms with Crippen molar-refractivity contribution in [1.29, 1.82) is 0 Å². The molecule has 1 amide bonds. The zero-order valence-electron chi connectivity index (χ0n) is 15.1. The molecule has 2 heterocycles. The summed E-state index contributed by atoms with van der Waals surface area (Å²) >= 11 is 0. The van der Waals surface area contributed by atoms with Crippen molar-refractivity contribution >= 4 is 16.8 Å². The van der Waals surface area contributed by atoms with E-state index < -0.39 is 6.10 Å². The number of para-hydroxylation sites is 1. The first kappa shape index (κ1) is 17.5. The summed E-state index contributed by atoms with van der Waals surface area (Å²) in [6.07, 6.45) is 4.44. The van der Waals surface area contributed by atoms with Gasteiger partial charge in [0.05, 0.1) is 19.3 Å². The minimum Gasteiger partial charge on any atom is -0.494 e. The lowest BCUT2D eigenvalue weighted by molar-refractivity contribution is 0.0868. The fourth-order valence-corrected chi connectivity index (χ4v) is 3.75. The first-order chi connectivity index (χ1) is 13.1. The van der Waals surface area contributed by atoms with E-state index in [0.29, 0.717) is 29.8 Å². The molecule has 7 heteroatoms. The molecule has 1 aromatic carbocycles. The number of ether oxygens (including phenoxy) is 1. The van der Waals surface area contributed by atoms with Gasteiger partial charge in [-0.3, -0.25) is 9.48 Å². The highest BCUT2D eigenvalue weighted by atomic mass is 16.5. The average Bonchev–Trinajstić information content (AvgIpc) is 3.30. The monoisotopic (exact) mass is 366 g/mol. The van der Waals surface area contributed by atoms with Crippen molar-refractivity contribution in [2.75, 3.05) is 7.11 Å². The number of methoxy groups -OCH3 is 1. The zero-order chi connectivity index (χ0) is 18.8. The zero-order valence-corrected chi connectivity index (χ0v) is 15.1. The summed E-state index contributed by atoms with van der Waals surface area (Å²) in [5.41, 5.74) is 0.964. The van der Waals surface area contributed by atoms with Gasteiger partial charge < -0.3 is 15.2 Å². The second kappa shape index (κ2) is 7.36. The number of pyridine rings is 1. The fraction of sp³-hybridized carbons (Fsp3) is 0.350. The molecular weight excluding hydrogens is 344 g/mol. The van der Waals surface area contributed by atoms with Crippen molar-refractivity contribution in [2.24, 2.45) is 5.92 Å². The second-order valence-corrected chi connectivity index (χ2v) is 6.94. The van der Waals surface area contributed by atoms with Gasteiger partial charge in [-0.25, -0.2) is 4.98 Å². The Morgan fingerprint density at radius 1 is 1.30 bits per heavy atom. The molecule has 140 valence electrons. The van der Waals surface area contributed by atoms with Crippen LogP contribution in [0.5, 0.6) is 5.75 Å². The van der Waals surface area contributed by atoms with E-state index in [1.165, 1.54) is 0 Å². The molecule has 0 saturated heterocycles. The predicted octanol–water partition coefficient (Wildman–Crippen LogP) is 2.01. The second-order valence-electron chi connectivity index (χ2n) is 6.94. The van der Waals surface area contributed by atoms with E-state index in [4.69, 9.17) is 4.74 Å². The van der Waals surface area contributed by atoms with Gasteiger partial charge in [-0.2, -0.15) is 5.10 Å². The Kier molecular flexibility index (Phi) is 4.77. The highest BCUT2D eigenvalue weighted by molar-refractivity contribution is 5.96. The average molecular weight is 366 g/mol. The Hall–Kier alpha value is -2.93. The first-order valence-electron chi connectivity index (χ1n) is 9.04. The van der Waals surface area contributed by atoms with Crippen molar-refractivity contribution in [1.82, 2.24) is 20.1 Å². The molecule has 4 rings (SSSR count). The van der Waals surface area contributed by atoms with Gasteiger partial charge in [0.2, 0.25) is 0 Å². The number of aliphatic hydroxyl groups excluding tert-OH is 1. The molecule has 2 aromatic heterocycles. The number of amides is 1. The molecule has 3 atom stereocenters. The van der Waals surface area contributed by atoms with Gasteiger partial charge in [0, 0.05) is 24.3 Å². The molecule has 7 nitrogen and oxygen atoms in total. The van der Waals surface area contributed by atoms with E-state index in [2.05, 4.69) is 15.4 Å². The molecule has 1 saturated carbocycles. The van der Waals surface area contributed by atoms with Crippen LogP contribution >= 0.6 is 0 Å². The number of hydrogen-bond donors (Lipinski definition) is 2. The Labute approximate surface area is 157 Å². The molecule has 1 aliphatic rings. The number of aliphatic hydroxyl groups is 1. The summed E-state index contributed by atoms with van der Waals surface area (Å²) in [6.45, 7) is 0.738. The number of benzene rings is 1. The number of nitrogens with one attached hydrogen (secondary N) is 1. The summed E-state index contributed by atoms with van der Waals surface area (Å²) < 4.78 is 7.19. The fourth-order valence-electron chi connectivity index (χ4n) is 3.75. The van der Waals surface area contributed by atoms with E-state index in [0.717, 1.165) is 11.9 Å². The van der Waals surface area contributed by atoms with E-state index >= 15 is 0 Å². The van der Waals surface area contributed by atoms with Gasteiger partial charge in [-0.15, -0.1) is 0 Å². The van der Waals surface area contributed by atoms with E-state index in [-0.39, 0.29) is 17.9 Å². The minimum absolute atomic E-state index is 0.273. The minimum atomic E-state index is -0.565. The number of aromatic nitrogens is 3. The predicted molar refractivity (Wildman–Crippen MR) is 101 cm³/mol. The van der Waals surface area contributed by atoms with Crippen molar-refractivity contribution in [3.63, 3.8) is 0 Å². The van der Waals surface area contributed by atoms with Gasteiger partial charge in [0.1, 0.15) is 17.0 Å². The summed E-state index contributed by atoms with van der Waals surface area (Å²) in [5.74, 6) is 0.615. The SMILES string of the molecule is COc1cccc2ccc(C(=O)N[C@@H]3CC(Cn4cccn4)C[C@H]3O)nc12. The van der Waals surface area contributed by atoms with Crippen molar-refractivity contribution < 1.29 is 14.6 Å². The quantitative estimate of drug-likeness (QED) is 0.721. The van der Waals surface area contributed by atoms with Crippen molar-refractivity contribution in [3.8, 4) is 5.75 Å². The van der Waals surface area contributed by atoms with Crippen LogP contribution in [0.15, 0.2) is 48.8 Å². The van der Waals surface area contributed by atoms with Crippen molar-refractivity contribution in [2.45, 2.75) is 31.5 Å². The van der Waals surface area contributed by atoms with Crippen LogP contribution in [0.3, 0.4) is 0 Å². The summed E-state index contributed by atoms with van der Waals surface area (Å²) in [5, 5.41) is 18.4. The third-order valence-electron chi connectivity index (χ3n) is 5.08. The Balaban J connectivity index is 1.46. The molecule has 1 unspecified atom stereocenters. The van der Waals surface area contributed by atoms with Gasteiger partial charge in [0.15, 0.2) is 0 Å². The van der Waals surface area contributed by atoms with Gasteiger partial charge in [0.25, 0.3) is 5.91 Å². The lowest BCUT2D eigenvalue weighted by Crippen LogP contribution is -2.40. The van der Waals surface area contributed by atoms with Crippen molar-refractivity contribution in [3.05, 3.63) is 54.5 Å². The smallest absolute Gasteiger partial charge is 0.270 e. The molecule has 27 heavy (non-hydrogen) atoms. The Morgan fingerprint density at radius 3 is 2.96 bits per heavy atom. The van der Waals surface area contributed by atoms with Crippen LogP contribution in [-0.2, 0) is 6.54 Å². The lowest BCUT2D eigenvalue weighted by Gasteiger charge is -2.16. The summed E-state index contributed by atoms with van der Waals surface area (Å²) in [7, 11) is 1.58. The first-order valence-corrected chi connectivity index (χ1v) is 9.04.